The molecule has 7 aromatic rings. The summed E-state index contributed by atoms with van der Waals surface area (Å²) in [6, 6.07) is 16.1. The third-order valence-electron chi connectivity index (χ3n) is 19.6. The van der Waals surface area contributed by atoms with Gasteiger partial charge in [-0.05, 0) is 108 Å². The molecule has 24 heteroatoms. The normalized spacial score (nSPS) is 23.0. The van der Waals surface area contributed by atoms with Crippen molar-refractivity contribution in [2.75, 3.05) is 75.4 Å². The van der Waals surface area contributed by atoms with Crippen LogP contribution in [-0.2, 0) is 19.1 Å². The lowest BCUT2D eigenvalue weighted by Crippen LogP contribution is -2.57. The molecule has 0 spiro atoms. The van der Waals surface area contributed by atoms with E-state index in [4.69, 9.17) is 35.1 Å². The molecule has 0 saturated carbocycles. The second-order valence-electron chi connectivity index (χ2n) is 27.0. The highest BCUT2D eigenvalue weighted by Gasteiger charge is 2.51. The van der Waals surface area contributed by atoms with E-state index < -0.39 is 46.9 Å². The zero-order chi connectivity index (χ0) is 65.2. The second-order valence-corrected chi connectivity index (χ2v) is 27.9. The highest BCUT2D eigenvalue weighted by atomic mass is 32.1. The van der Waals surface area contributed by atoms with Gasteiger partial charge in [-0.1, -0.05) is 73.5 Å². The number of carbonyl (C=O) groups is 4. The van der Waals surface area contributed by atoms with Gasteiger partial charge in [0.25, 0.3) is 0 Å². The number of fused-ring (bicyclic) bond motifs is 5. The predicted octanol–water partition coefficient (Wildman–Crippen LogP) is 10.0. The number of carbonyl (C=O) groups excluding carboxylic acids is 4. The SMILES string of the molecule is C#Cc1c(F)ccc2cccc(-c3ncc4c(N5CC6CCC(C5)N6C(=O)OC(C)(C)C)nc(OC[C@]56CCCN5[C@H](COC(=O)N5CCN(c7cc([C@H](C(=O)N8C[C@H](O)C[C@H]8C(=O)N[C@@H](C)c8ccc(-c9scnc9C)cc8)C(C)C)on7)CC5)CC6)nc4c3F)c12. The summed E-state index contributed by atoms with van der Waals surface area (Å²) in [5.74, 6) is 0.698. The Balaban J connectivity index is 0.648. The highest BCUT2D eigenvalue weighted by molar-refractivity contribution is 7.13. The van der Waals surface area contributed by atoms with Crippen molar-refractivity contribution in [1.82, 2.24) is 50.0 Å². The van der Waals surface area contributed by atoms with Crippen LogP contribution in [0, 0.1) is 36.8 Å². The summed E-state index contributed by atoms with van der Waals surface area (Å²) in [5.41, 5.74) is 3.84. The topological polar surface area (TPSA) is 225 Å². The summed E-state index contributed by atoms with van der Waals surface area (Å²) in [7, 11) is 0. The van der Waals surface area contributed by atoms with Crippen LogP contribution >= 0.6 is 11.3 Å². The Labute approximate surface area is 542 Å². The number of β-amino-alcohol motifs (C(OH)–C–C–N with tert-alkyl or cyclic N) is 1. The Hall–Kier alpha value is -8.53. The molecule has 2 unspecified atom stereocenters. The summed E-state index contributed by atoms with van der Waals surface area (Å²) in [5, 5.41) is 19.7. The molecule has 2 N–H and O–H groups in total. The minimum Gasteiger partial charge on any atom is -0.461 e. The van der Waals surface area contributed by atoms with Crippen molar-refractivity contribution in [2.45, 2.75) is 147 Å². The first-order chi connectivity index (χ1) is 44.6. The van der Waals surface area contributed by atoms with E-state index in [1.54, 1.807) is 52.8 Å². The predicted molar refractivity (Wildman–Crippen MR) is 347 cm³/mol. The number of hydrogen-bond acceptors (Lipinski definition) is 18. The Morgan fingerprint density at radius 2 is 1.68 bits per heavy atom. The van der Waals surface area contributed by atoms with E-state index in [-0.39, 0.29) is 97.0 Å². The number of aryl methyl sites for hydroxylation is 1. The van der Waals surface area contributed by atoms with Crippen LogP contribution in [0.5, 0.6) is 6.01 Å². The van der Waals surface area contributed by atoms with Crippen molar-refractivity contribution in [3.63, 3.8) is 0 Å². The molecule has 4 amide bonds. The Morgan fingerprint density at radius 1 is 0.914 bits per heavy atom. The zero-order valence-electron chi connectivity index (χ0n) is 53.4. The maximum absolute atomic E-state index is 17.5. The van der Waals surface area contributed by atoms with Gasteiger partial charge in [-0.25, -0.2) is 23.4 Å². The highest BCUT2D eigenvalue weighted by Crippen LogP contribution is 2.45. The second kappa shape index (κ2) is 25.4. The van der Waals surface area contributed by atoms with E-state index in [0.29, 0.717) is 78.4 Å². The number of likely N-dealkylation sites (tertiary alicyclic amines) is 1. The number of halogens is 2. The largest absolute Gasteiger partial charge is 0.461 e. The van der Waals surface area contributed by atoms with Crippen LogP contribution in [0.4, 0.5) is 30.0 Å². The van der Waals surface area contributed by atoms with Crippen molar-refractivity contribution in [2.24, 2.45) is 5.92 Å². The summed E-state index contributed by atoms with van der Waals surface area (Å²) in [6.45, 7) is 16.7. The molecule has 0 radical (unpaired) electrons. The Morgan fingerprint density at radius 3 is 2.39 bits per heavy atom. The third kappa shape index (κ3) is 12.3. The number of piperazine rings is 2. The number of thiazole rings is 1. The molecule has 21 nitrogen and oxygen atoms in total. The van der Waals surface area contributed by atoms with E-state index in [1.807, 2.05) is 88.0 Å². The minimum atomic E-state index is -0.882. The van der Waals surface area contributed by atoms with Gasteiger partial charge < -0.3 is 48.8 Å². The van der Waals surface area contributed by atoms with Gasteiger partial charge >= 0.3 is 18.2 Å². The average molecular weight is 1290 g/mol. The van der Waals surface area contributed by atoms with Crippen molar-refractivity contribution >= 4 is 68.6 Å². The number of nitrogens with zero attached hydrogens (tertiary/aromatic N) is 11. The van der Waals surface area contributed by atoms with Gasteiger partial charge in [0.05, 0.1) is 56.8 Å². The van der Waals surface area contributed by atoms with Crippen molar-refractivity contribution in [3.8, 4) is 40.1 Å². The zero-order valence-corrected chi connectivity index (χ0v) is 54.3. The van der Waals surface area contributed by atoms with Crippen molar-refractivity contribution < 1.29 is 51.8 Å². The van der Waals surface area contributed by atoms with Crippen LogP contribution in [-0.4, -0.2) is 181 Å². The number of rotatable bonds is 15. The van der Waals surface area contributed by atoms with Crippen LogP contribution in [0.1, 0.15) is 121 Å². The lowest BCUT2D eigenvalue weighted by atomic mass is 9.91. The Bertz CT molecular complexity index is 4040. The minimum absolute atomic E-state index is 0.00112. The first-order valence-electron chi connectivity index (χ1n) is 32.3. The fourth-order valence-corrected chi connectivity index (χ4v) is 15.8. The molecule has 13 rings (SSSR count). The van der Waals surface area contributed by atoms with E-state index >= 15 is 8.78 Å². The monoisotopic (exact) mass is 1290 g/mol. The maximum Gasteiger partial charge on any atom is 0.410 e. The van der Waals surface area contributed by atoms with E-state index in [9.17, 15) is 24.3 Å². The molecule has 93 heavy (non-hydrogen) atoms. The smallest absolute Gasteiger partial charge is 0.410 e. The number of terminal acetylenes is 1. The molecule has 2 bridgehead atoms. The summed E-state index contributed by atoms with van der Waals surface area (Å²) in [6.07, 6.45) is 10.5. The summed E-state index contributed by atoms with van der Waals surface area (Å²) in [4.78, 5) is 87.1. The van der Waals surface area contributed by atoms with Gasteiger partial charge in [-0.2, -0.15) is 9.97 Å². The van der Waals surface area contributed by atoms with Gasteiger partial charge in [-0.3, -0.25) is 24.4 Å². The van der Waals surface area contributed by atoms with Crippen LogP contribution in [0.15, 0.2) is 76.9 Å². The van der Waals surface area contributed by atoms with E-state index in [2.05, 4.69) is 36.2 Å². The number of aliphatic hydroxyl groups is 1. The molecule has 6 saturated heterocycles. The molecule has 8 atom stereocenters. The number of hydrogen-bond donors (Lipinski definition) is 2. The van der Waals surface area contributed by atoms with Crippen molar-refractivity contribution in [3.05, 3.63) is 107 Å². The molecule has 6 fully saturated rings. The van der Waals surface area contributed by atoms with Gasteiger partial charge in [0, 0.05) is 81.5 Å². The standard InChI is InChI=1S/C69H78F2N12O9S/c1-9-49-52(70)21-18-43-12-10-13-50(57(43)49)59-58(71)60-51(32-72-59)62(80-33-45-19-20-46(34-80)83(45)67(88)91-68(6,7)8)76-65(75-60)90-37-69-23-11-25-82(69)47(22-24-69)36-89-66(87)79-28-26-78(27-29-79)55-31-54(92-77-55)56(39(2)3)64(86)81-35-48(84)30-53(81)63(85)74-40(4)42-14-16-44(17-15-42)61-41(5)73-38-93-61/h1,10,12-18,21,31-32,38-40,45-48,53,56,84H,11,19-20,22-30,33-37H2,2-8H3,(H,74,85)/t40-,45?,46?,47-,48+,53-,56+,69+/m0/s1. The molecule has 3 aromatic carbocycles. The number of anilines is 2. The maximum atomic E-state index is 17.5. The van der Waals surface area contributed by atoms with Gasteiger partial charge in [0.1, 0.15) is 53.6 Å². The fraction of sp³-hybridized carbons (Fsp3) is 0.493. The summed E-state index contributed by atoms with van der Waals surface area (Å²) >= 11 is 1.57. The summed E-state index contributed by atoms with van der Waals surface area (Å²) < 4.78 is 57.3. The van der Waals surface area contributed by atoms with Crippen LogP contribution in [0.25, 0.3) is 43.4 Å². The lowest BCUT2D eigenvalue weighted by Gasteiger charge is -2.42. The fourth-order valence-electron chi connectivity index (χ4n) is 15.0. The molecule has 4 aromatic heterocycles. The number of pyridine rings is 1. The third-order valence-corrected chi connectivity index (χ3v) is 20.6. The van der Waals surface area contributed by atoms with Crippen molar-refractivity contribution in [1.29, 1.82) is 0 Å². The first-order valence-corrected chi connectivity index (χ1v) is 33.2. The molecular formula is C69H78F2N12O9S. The first kappa shape index (κ1) is 63.2. The van der Waals surface area contributed by atoms with Gasteiger partial charge in [0.15, 0.2) is 17.4 Å². The van der Waals surface area contributed by atoms with Gasteiger partial charge in [0.2, 0.25) is 11.8 Å². The number of benzene rings is 3. The number of nitrogens with one attached hydrogen (secondary N) is 1. The molecular weight excluding hydrogens is 1210 g/mol. The number of aliphatic hydroxyl groups excluding tert-OH is 1. The van der Waals surface area contributed by atoms with Crippen LogP contribution in [0.3, 0.4) is 0 Å². The number of amides is 4. The van der Waals surface area contributed by atoms with E-state index in [1.165, 1.54) is 11.0 Å². The quantitative estimate of drug-likeness (QED) is 0.0911. The molecule has 6 aliphatic rings. The number of aromatic nitrogens is 5. The van der Waals surface area contributed by atoms with E-state index in [0.717, 1.165) is 66.8 Å². The average Bonchev–Trinajstić information content (AvgIpc) is 1.67. The number of ether oxygens (including phenoxy) is 3. The lowest BCUT2D eigenvalue weighted by molar-refractivity contribution is -0.141. The van der Waals surface area contributed by atoms with Crippen LogP contribution < -0.4 is 19.9 Å². The molecule has 6 aliphatic heterocycles. The molecule has 0 aliphatic carbocycles. The molecule has 10 heterocycles. The van der Waals surface area contributed by atoms with Gasteiger partial charge in [-0.15, -0.1) is 17.8 Å². The molecule has 488 valence electrons. The van der Waals surface area contributed by atoms with Crippen LogP contribution in [0.2, 0.25) is 0 Å². The Kier molecular flexibility index (Phi) is 17.3.